The number of hydrogen-bond acceptors (Lipinski definition) is 5. The first-order valence-electron chi connectivity index (χ1n) is 7.57. The molecule has 1 aliphatic rings. The van der Waals surface area contributed by atoms with Gasteiger partial charge in [-0.05, 0) is 25.0 Å². The molecule has 1 atom stereocenters. The summed E-state index contributed by atoms with van der Waals surface area (Å²) in [6.07, 6.45) is 5.17. The van der Waals surface area contributed by atoms with E-state index < -0.39 is 0 Å². The Morgan fingerprint density at radius 1 is 1.48 bits per heavy atom. The molecule has 1 fully saturated rings. The molecule has 1 aliphatic heterocycles. The molecule has 1 saturated heterocycles. The van der Waals surface area contributed by atoms with Crippen LogP contribution in [0, 0.1) is 11.3 Å². The molecule has 1 N–H and O–H groups in total. The molecule has 3 heterocycles. The quantitative estimate of drug-likeness (QED) is 0.917. The van der Waals surface area contributed by atoms with Gasteiger partial charge in [-0.15, -0.1) is 0 Å². The number of hydrogen-bond donors (Lipinski definition) is 1. The van der Waals surface area contributed by atoms with Crippen LogP contribution in [0.15, 0.2) is 30.6 Å². The highest BCUT2D eigenvalue weighted by Gasteiger charge is 2.23. The lowest BCUT2D eigenvalue weighted by atomic mass is 10.1. The van der Waals surface area contributed by atoms with E-state index in [-0.39, 0.29) is 11.9 Å². The van der Waals surface area contributed by atoms with Gasteiger partial charge in [0.05, 0.1) is 11.8 Å². The van der Waals surface area contributed by atoms with Gasteiger partial charge in [0.25, 0.3) is 5.91 Å². The standard InChI is InChI=1S/C16H18N6O/c1-21-10-12(9-18-21)16(23)20-14-5-3-7-22(11-14)15-6-2-4-13(8-17)19-15/h2,4,6,9-10,14H,3,5,7,11H2,1H3,(H,20,23). The topological polar surface area (TPSA) is 86.8 Å². The highest BCUT2D eigenvalue weighted by atomic mass is 16.1. The van der Waals surface area contributed by atoms with Gasteiger partial charge in [-0.2, -0.15) is 10.4 Å². The molecule has 1 unspecified atom stereocenters. The van der Waals surface area contributed by atoms with Gasteiger partial charge in [0, 0.05) is 32.4 Å². The fraction of sp³-hybridized carbons (Fsp3) is 0.375. The van der Waals surface area contributed by atoms with Crippen molar-refractivity contribution in [1.82, 2.24) is 20.1 Å². The van der Waals surface area contributed by atoms with Gasteiger partial charge in [0.15, 0.2) is 0 Å². The van der Waals surface area contributed by atoms with Crippen molar-refractivity contribution in [2.75, 3.05) is 18.0 Å². The number of pyridine rings is 1. The third-order valence-electron chi connectivity index (χ3n) is 3.90. The first kappa shape index (κ1) is 15.0. The summed E-state index contributed by atoms with van der Waals surface area (Å²) in [4.78, 5) is 18.7. The Morgan fingerprint density at radius 2 is 2.35 bits per heavy atom. The van der Waals surface area contributed by atoms with Crippen molar-refractivity contribution < 1.29 is 4.79 Å². The van der Waals surface area contributed by atoms with Crippen LogP contribution >= 0.6 is 0 Å². The van der Waals surface area contributed by atoms with Gasteiger partial charge in [0.1, 0.15) is 17.6 Å². The van der Waals surface area contributed by atoms with Crippen LogP contribution in [-0.2, 0) is 7.05 Å². The van der Waals surface area contributed by atoms with Crippen molar-refractivity contribution in [1.29, 1.82) is 5.26 Å². The zero-order chi connectivity index (χ0) is 16.2. The number of nitrogens with zero attached hydrogens (tertiary/aromatic N) is 5. The molecule has 2 aromatic heterocycles. The average Bonchev–Trinajstić information content (AvgIpc) is 3.02. The Bertz CT molecular complexity index is 747. The third kappa shape index (κ3) is 3.48. The summed E-state index contributed by atoms with van der Waals surface area (Å²) in [6.45, 7) is 1.56. The minimum absolute atomic E-state index is 0.0593. The molecule has 0 aliphatic carbocycles. The van der Waals surface area contributed by atoms with Crippen molar-refractivity contribution in [2.45, 2.75) is 18.9 Å². The number of nitriles is 1. The van der Waals surface area contributed by atoms with Crippen molar-refractivity contribution in [3.05, 3.63) is 41.9 Å². The minimum Gasteiger partial charge on any atom is -0.355 e. The van der Waals surface area contributed by atoms with Gasteiger partial charge in [0.2, 0.25) is 0 Å². The maximum Gasteiger partial charge on any atom is 0.254 e. The molecule has 1 amide bonds. The maximum atomic E-state index is 12.2. The number of carbonyl (C=O) groups excluding carboxylic acids is 1. The van der Waals surface area contributed by atoms with E-state index in [9.17, 15) is 4.79 Å². The molecule has 0 bridgehead atoms. The first-order valence-corrected chi connectivity index (χ1v) is 7.57. The summed E-state index contributed by atoms with van der Waals surface area (Å²) >= 11 is 0. The van der Waals surface area contributed by atoms with Crippen LogP contribution < -0.4 is 10.2 Å². The molecule has 2 aromatic rings. The summed E-state index contributed by atoms with van der Waals surface area (Å²) in [5.41, 5.74) is 0.971. The summed E-state index contributed by atoms with van der Waals surface area (Å²) in [5.74, 6) is 0.674. The fourth-order valence-corrected chi connectivity index (χ4v) is 2.77. The van der Waals surface area contributed by atoms with E-state index in [0.717, 1.165) is 25.2 Å². The molecular formula is C16H18N6O. The van der Waals surface area contributed by atoms with Crippen molar-refractivity contribution in [3.8, 4) is 6.07 Å². The smallest absolute Gasteiger partial charge is 0.254 e. The summed E-state index contributed by atoms with van der Waals surface area (Å²) < 4.78 is 1.61. The van der Waals surface area contributed by atoms with Crippen molar-refractivity contribution >= 4 is 11.7 Å². The van der Waals surface area contributed by atoms with E-state index >= 15 is 0 Å². The number of amides is 1. The van der Waals surface area contributed by atoms with E-state index in [1.165, 1.54) is 0 Å². The second kappa shape index (κ2) is 6.48. The Balaban J connectivity index is 1.66. The predicted octanol–water partition coefficient (Wildman–Crippen LogP) is 1.09. The van der Waals surface area contributed by atoms with E-state index in [1.54, 1.807) is 30.2 Å². The third-order valence-corrected chi connectivity index (χ3v) is 3.90. The van der Waals surface area contributed by atoms with Crippen molar-refractivity contribution in [2.24, 2.45) is 7.05 Å². The molecule has 7 heteroatoms. The Morgan fingerprint density at radius 3 is 3.09 bits per heavy atom. The van der Waals surface area contributed by atoms with Crippen LogP contribution in [0.1, 0.15) is 28.9 Å². The monoisotopic (exact) mass is 310 g/mol. The fourth-order valence-electron chi connectivity index (χ4n) is 2.77. The summed E-state index contributed by atoms with van der Waals surface area (Å²) in [5, 5.41) is 16.0. The van der Waals surface area contributed by atoms with Crippen LogP contribution in [0.5, 0.6) is 0 Å². The molecule has 23 heavy (non-hydrogen) atoms. The van der Waals surface area contributed by atoms with Gasteiger partial charge in [-0.3, -0.25) is 9.48 Å². The van der Waals surface area contributed by atoms with Crippen LogP contribution in [0.25, 0.3) is 0 Å². The van der Waals surface area contributed by atoms with Gasteiger partial charge in [-0.1, -0.05) is 6.07 Å². The first-order chi connectivity index (χ1) is 11.2. The second-order valence-electron chi connectivity index (χ2n) is 5.65. The second-order valence-corrected chi connectivity index (χ2v) is 5.65. The van der Waals surface area contributed by atoms with Gasteiger partial charge in [-0.25, -0.2) is 4.98 Å². The number of piperidine rings is 1. The van der Waals surface area contributed by atoms with Crippen molar-refractivity contribution in [3.63, 3.8) is 0 Å². The zero-order valence-electron chi connectivity index (χ0n) is 12.9. The molecule has 0 radical (unpaired) electrons. The van der Waals surface area contributed by atoms with Gasteiger partial charge >= 0.3 is 0 Å². The number of aryl methyl sites for hydroxylation is 1. The Labute approximate surface area is 134 Å². The summed E-state index contributed by atoms with van der Waals surface area (Å²) in [7, 11) is 1.78. The number of anilines is 1. The highest BCUT2D eigenvalue weighted by molar-refractivity contribution is 5.93. The molecule has 3 rings (SSSR count). The van der Waals surface area contributed by atoms with Gasteiger partial charge < -0.3 is 10.2 Å². The van der Waals surface area contributed by atoms with E-state index in [4.69, 9.17) is 5.26 Å². The zero-order valence-corrected chi connectivity index (χ0v) is 12.9. The Kier molecular flexibility index (Phi) is 4.24. The van der Waals surface area contributed by atoms with E-state index in [2.05, 4.69) is 26.4 Å². The lowest BCUT2D eigenvalue weighted by Gasteiger charge is -2.33. The SMILES string of the molecule is Cn1cc(C(=O)NC2CCCN(c3cccc(C#N)n3)C2)cn1. The molecular weight excluding hydrogens is 292 g/mol. The lowest BCUT2D eigenvalue weighted by molar-refractivity contribution is 0.0933. The molecule has 7 nitrogen and oxygen atoms in total. The normalized spacial score (nSPS) is 17.6. The number of nitrogens with one attached hydrogen (secondary N) is 1. The number of aromatic nitrogens is 3. The number of rotatable bonds is 3. The summed E-state index contributed by atoms with van der Waals surface area (Å²) in [6, 6.07) is 7.53. The van der Waals surface area contributed by atoms with Crippen LogP contribution in [0.2, 0.25) is 0 Å². The molecule has 118 valence electrons. The van der Waals surface area contributed by atoms with Crippen LogP contribution in [-0.4, -0.2) is 39.8 Å². The Hall–Kier alpha value is -2.88. The molecule has 0 aromatic carbocycles. The maximum absolute atomic E-state index is 12.2. The molecule has 0 spiro atoms. The van der Waals surface area contributed by atoms with E-state index in [1.807, 2.05) is 12.1 Å². The highest BCUT2D eigenvalue weighted by Crippen LogP contribution is 2.18. The van der Waals surface area contributed by atoms with Crippen LogP contribution in [0.3, 0.4) is 0 Å². The average molecular weight is 310 g/mol. The van der Waals surface area contributed by atoms with Crippen LogP contribution in [0.4, 0.5) is 5.82 Å². The van der Waals surface area contributed by atoms with E-state index in [0.29, 0.717) is 17.8 Å². The number of carbonyl (C=O) groups is 1. The predicted molar refractivity (Wildman–Crippen MR) is 84.9 cm³/mol. The lowest BCUT2D eigenvalue weighted by Crippen LogP contribution is -2.48. The molecule has 0 saturated carbocycles. The minimum atomic E-state index is -0.108. The largest absolute Gasteiger partial charge is 0.355 e.